The van der Waals surface area contributed by atoms with Crippen molar-refractivity contribution < 1.29 is 13.0 Å². The van der Waals surface area contributed by atoms with E-state index in [1.807, 2.05) is 20.8 Å². The first kappa shape index (κ1) is 14.2. The standard InChI is InChI=1S/C10H12Br2O3S/c1-10(2,3)9-7(11)4-6(5-8(9)12)16(13,14)15/h4-5H,1-3H3,(H,13,14,15). The van der Waals surface area contributed by atoms with Crippen LogP contribution in [0.4, 0.5) is 0 Å². The molecule has 0 bridgehead atoms. The van der Waals surface area contributed by atoms with Crippen LogP contribution in [0.5, 0.6) is 0 Å². The van der Waals surface area contributed by atoms with Crippen molar-refractivity contribution in [2.45, 2.75) is 31.1 Å². The fraction of sp³-hybridized carbons (Fsp3) is 0.400. The van der Waals surface area contributed by atoms with Crippen LogP contribution in [0.15, 0.2) is 26.0 Å². The summed E-state index contributed by atoms with van der Waals surface area (Å²) in [5, 5.41) is 0. The molecule has 0 amide bonds. The molecule has 0 unspecified atom stereocenters. The Morgan fingerprint density at radius 2 is 1.50 bits per heavy atom. The SMILES string of the molecule is CC(C)(C)c1c(Br)cc(S(=O)(=O)O)cc1Br. The van der Waals surface area contributed by atoms with Crippen molar-refractivity contribution in [3.8, 4) is 0 Å². The Hall–Kier alpha value is 0.0900. The molecule has 0 aliphatic heterocycles. The van der Waals surface area contributed by atoms with E-state index in [2.05, 4.69) is 31.9 Å². The van der Waals surface area contributed by atoms with Crippen molar-refractivity contribution in [3.05, 3.63) is 26.6 Å². The Morgan fingerprint density at radius 3 is 1.75 bits per heavy atom. The van der Waals surface area contributed by atoms with Crippen LogP contribution in [-0.2, 0) is 15.5 Å². The van der Waals surface area contributed by atoms with Gasteiger partial charge in [0.2, 0.25) is 0 Å². The first-order chi connectivity index (χ1) is 7.03. The van der Waals surface area contributed by atoms with E-state index < -0.39 is 10.1 Å². The maximum absolute atomic E-state index is 11.0. The molecule has 16 heavy (non-hydrogen) atoms. The maximum atomic E-state index is 11.0. The van der Waals surface area contributed by atoms with Gasteiger partial charge in [-0.1, -0.05) is 52.6 Å². The van der Waals surface area contributed by atoms with Gasteiger partial charge >= 0.3 is 0 Å². The van der Waals surface area contributed by atoms with Crippen molar-refractivity contribution in [1.29, 1.82) is 0 Å². The molecule has 90 valence electrons. The van der Waals surface area contributed by atoms with E-state index in [1.54, 1.807) is 0 Å². The minimum atomic E-state index is -4.17. The summed E-state index contributed by atoms with van der Waals surface area (Å²) >= 11 is 6.64. The lowest BCUT2D eigenvalue weighted by Crippen LogP contribution is -2.14. The molecule has 0 heterocycles. The zero-order chi connectivity index (χ0) is 12.7. The molecule has 6 heteroatoms. The second kappa shape index (κ2) is 4.40. The highest BCUT2D eigenvalue weighted by atomic mass is 79.9. The molecule has 0 aromatic heterocycles. The van der Waals surface area contributed by atoms with Crippen LogP contribution in [-0.4, -0.2) is 13.0 Å². The van der Waals surface area contributed by atoms with Gasteiger partial charge in [-0.2, -0.15) is 8.42 Å². The fourth-order valence-electron chi connectivity index (χ4n) is 1.42. The fourth-order valence-corrected chi connectivity index (χ4v) is 4.63. The van der Waals surface area contributed by atoms with E-state index in [-0.39, 0.29) is 10.3 Å². The highest BCUT2D eigenvalue weighted by Gasteiger charge is 2.23. The van der Waals surface area contributed by atoms with Gasteiger partial charge in [0.05, 0.1) is 4.90 Å². The third-order valence-electron chi connectivity index (χ3n) is 2.06. The van der Waals surface area contributed by atoms with E-state index in [9.17, 15) is 8.42 Å². The van der Waals surface area contributed by atoms with Crippen LogP contribution in [0.1, 0.15) is 26.3 Å². The van der Waals surface area contributed by atoms with Crippen molar-refractivity contribution in [2.24, 2.45) is 0 Å². The smallest absolute Gasteiger partial charge is 0.282 e. The lowest BCUT2D eigenvalue weighted by atomic mass is 9.87. The first-order valence-electron chi connectivity index (χ1n) is 4.50. The summed E-state index contributed by atoms with van der Waals surface area (Å²) in [6.45, 7) is 6.06. The Bertz CT molecular complexity index is 492. The lowest BCUT2D eigenvalue weighted by Gasteiger charge is -2.23. The molecular formula is C10H12Br2O3S. The summed E-state index contributed by atoms with van der Waals surface area (Å²) < 4.78 is 32.3. The molecular weight excluding hydrogens is 360 g/mol. The Morgan fingerprint density at radius 1 is 1.12 bits per heavy atom. The lowest BCUT2D eigenvalue weighted by molar-refractivity contribution is 0.482. The van der Waals surface area contributed by atoms with Crippen LogP contribution in [0, 0.1) is 0 Å². The predicted molar refractivity (Wildman–Crippen MR) is 70.4 cm³/mol. The summed E-state index contributed by atoms with van der Waals surface area (Å²) in [4.78, 5) is -0.126. The molecule has 0 saturated carbocycles. The molecule has 0 aliphatic carbocycles. The predicted octanol–water partition coefficient (Wildman–Crippen LogP) is 3.76. The van der Waals surface area contributed by atoms with Gasteiger partial charge < -0.3 is 0 Å². The molecule has 0 radical (unpaired) electrons. The Balaban J connectivity index is 3.53. The van der Waals surface area contributed by atoms with Crippen molar-refractivity contribution in [3.63, 3.8) is 0 Å². The number of rotatable bonds is 1. The molecule has 0 saturated heterocycles. The van der Waals surface area contributed by atoms with Gasteiger partial charge in [-0.3, -0.25) is 4.55 Å². The summed E-state index contributed by atoms with van der Waals surface area (Å²) in [6.07, 6.45) is 0. The van der Waals surface area contributed by atoms with Gasteiger partial charge in [-0.15, -0.1) is 0 Å². The van der Waals surface area contributed by atoms with Crippen LogP contribution < -0.4 is 0 Å². The molecule has 1 aromatic rings. The van der Waals surface area contributed by atoms with Crippen molar-refractivity contribution >= 4 is 42.0 Å². The second-order valence-corrected chi connectivity index (χ2v) is 7.62. The van der Waals surface area contributed by atoms with Gasteiger partial charge in [0.15, 0.2) is 0 Å². The molecule has 0 atom stereocenters. The number of hydrogen-bond donors (Lipinski definition) is 1. The molecule has 1 rings (SSSR count). The topological polar surface area (TPSA) is 54.4 Å². The van der Waals surface area contributed by atoms with Gasteiger partial charge in [-0.25, -0.2) is 0 Å². The summed E-state index contributed by atoms with van der Waals surface area (Å²) in [7, 11) is -4.17. The normalized spacial score (nSPS) is 12.9. The number of hydrogen-bond acceptors (Lipinski definition) is 2. The van der Waals surface area contributed by atoms with Gasteiger partial charge in [0, 0.05) is 8.95 Å². The summed E-state index contributed by atoms with van der Waals surface area (Å²) in [5.41, 5.74) is 0.829. The second-order valence-electron chi connectivity index (χ2n) is 4.49. The molecule has 0 fully saturated rings. The molecule has 3 nitrogen and oxygen atoms in total. The van der Waals surface area contributed by atoms with Crippen LogP contribution in [0.25, 0.3) is 0 Å². The molecule has 0 spiro atoms. The minimum Gasteiger partial charge on any atom is -0.282 e. The van der Waals surface area contributed by atoms with Crippen molar-refractivity contribution in [1.82, 2.24) is 0 Å². The van der Waals surface area contributed by atoms with E-state index in [1.165, 1.54) is 12.1 Å². The van der Waals surface area contributed by atoms with E-state index in [0.717, 1.165) is 5.56 Å². The third kappa shape index (κ3) is 3.06. The minimum absolute atomic E-state index is 0.126. The maximum Gasteiger partial charge on any atom is 0.294 e. The third-order valence-corrected chi connectivity index (χ3v) is 4.15. The summed E-state index contributed by atoms with van der Waals surface area (Å²) in [5.74, 6) is 0. The van der Waals surface area contributed by atoms with Crippen molar-refractivity contribution in [2.75, 3.05) is 0 Å². The first-order valence-corrected chi connectivity index (χ1v) is 7.53. The average Bonchev–Trinajstić information content (AvgIpc) is 1.97. The molecule has 1 N–H and O–H groups in total. The summed E-state index contributed by atoms with van der Waals surface area (Å²) in [6, 6.07) is 2.81. The quantitative estimate of drug-likeness (QED) is 0.764. The average molecular weight is 372 g/mol. The molecule has 1 aromatic carbocycles. The van der Waals surface area contributed by atoms with Gasteiger partial charge in [0.1, 0.15) is 0 Å². The molecule has 0 aliphatic rings. The van der Waals surface area contributed by atoms with Gasteiger partial charge in [0.25, 0.3) is 10.1 Å². The monoisotopic (exact) mass is 370 g/mol. The Labute approximate surface area is 112 Å². The van der Waals surface area contributed by atoms with E-state index in [4.69, 9.17) is 4.55 Å². The Kier molecular flexibility index (Phi) is 3.89. The largest absolute Gasteiger partial charge is 0.294 e. The van der Waals surface area contributed by atoms with Gasteiger partial charge in [-0.05, 0) is 23.1 Å². The number of benzene rings is 1. The van der Waals surface area contributed by atoms with Crippen LogP contribution >= 0.6 is 31.9 Å². The van der Waals surface area contributed by atoms with E-state index >= 15 is 0 Å². The number of halogens is 2. The van der Waals surface area contributed by atoms with Crippen LogP contribution in [0.2, 0.25) is 0 Å². The highest BCUT2D eigenvalue weighted by molar-refractivity contribution is 9.11. The van der Waals surface area contributed by atoms with Crippen LogP contribution in [0.3, 0.4) is 0 Å². The highest BCUT2D eigenvalue weighted by Crippen LogP contribution is 2.37. The van der Waals surface area contributed by atoms with E-state index in [0.29, 0.717) is 8.95 Å². The zero-order valence-corrected chi connectivity index (χ0v) is 13.1. The zero-order valence-electron chi connectivity index (χ0n) is 9.08.